The quantitative estimate of drug-likeness (QED) is 0.926. The number of hydrogen-bond acceptors (Lipinski definition) is 2. The molecule has 1 N–H and O–H groups in total. The number of hydrogen-bond donors (Lipinski definition) is 1. The van der Waals surface area contributed by atoms with Crippen LogP contribution in [-0.4, -0.2) is 23.9 Å². The zero-order chi connectivity index (χ0) is 15.5. The van der Waals surface area contributed by atoms with Gasteiger partial charge >= 0.3 is 0 Å². The number of carbonyl (C=O) groups is 2. The summed E-state index contributed by atoms with van der Waals surface area (Å²) in [5.41, 5.74) is 1.32. The van der Waals surface area contributed by atoms with Crippen molar-refractivity contribution in [2.75, 3.05) is 11.4 Å². The summed E-state index contributed by atoms with van der Waals surface area (Å²) in [5, 5.41) is 2.94. The molecule has 2 amide bonds. The molecular formula is C17H24N2O2. The molecule has 1 aliphatic heterocycles. The highest BCUT2D eigenvalue weighted by Gasteiger charge is 2.42. The zero-order valence-corrected chi connectivity index (χ0v) is 13.1. The van der Waals surface area contributed by atoms with Gasteiger partial charge in [-0.15, -0.1) is 0 Å². The average Bonchev–Trinajstić information content (AvgIpc) is 2.64. The van der Waals surface area contributed by atoms with Crippen molar-refractivity contribution in [3.8, 4) is 0 Å². The Balaban J connectivity index is 2.41. The van der Waals surface area contributed by atoms with Crippen molar-refractivity contribution in [1.29, 1.82) is 0 Å². The first-order valence-electron chi connectivity index (χ1n) is 7.78. The molecule has 1 heterocycles. The number of benzene rings is 1. The van der Waals surface area contributed by atoms with E-state index in [9.17, 15) is 9.59 Å². The normalized spacial score (nSPS) is 18.3. The van der Waals surface area contributed by atoms with Crippen LogP contribution < -0.4 is 10.2 Å². The molecule has 0 aliphatic carbocycles. The number of rotatable bonds is 4. The summed E-state index contributed by atoms with van der Waals surface area (Å²) in [6.45, 7) is 6.44. The lowest BCUT2D eigenvalue weighted by Crippen LogP contribution is -2.56. The SMILES string of the molecule is CCc1cccc(N2CCC(=O)NC(CC)(CC)C2=O)c1. The predicted octanol–water partition coefficient (Wildman–Crippen LogP) is 2.66. The topological polar surface area (TPSA) is 49.4 Å². The van der Waals surface area contributed by atoms with Crippen LogP contribution in [0.1, 0.15) is 45.6 Å². The van der Waals surface area contributed by atoms with Crippen LogP contribution in [0.2, 0.25) is 0 Å². The van der Waals surface area contributed by atoms with E-state index in [0.29, 0.717) is 25.8 Å². The van der Waals surface area contributed by atoms with Gasteiger partial charge in [0, 0.05) is 18.7 Å². The smallest absolute Gasteiger partial charge is 0.252 e. The van der Waals surface area contributed by atoms with Crippen LogP contribution in [0, 0.1) is 0 Å². The standard InChI is InChI=1S/C17H24N2O2/c1-4-13-8-7-9-14(12-13)19-11-10-15(20)18-17(5-2,6-3)16(19)21/h7-9,12H,4-6,10-11H2,1-3H3,(H,18,20). The first-order chi connectivity index (χ1) is 10.1. The molecule has 1 aromatic rings. The van der Waals surface area contributed by atoms with E-state index in [-0.39, 0.29) is 11.8 Å². The minimum absolute atomic E-state index is 0.00611. The van der Waals surface area contributed by atoms with Gasteiger partial charge in [0.2, 0.25) is 5.91 Å². The van der Waals surface area contributed by atoms with Crippen LogP contribution in [0.3, 0.4) is 0 Å². The van der Waals surface area contributed by atoms with E-state index in [2.05, 4.69) is 18.3 Å². The highest BCUT2D eigenvalue weighted by molar-refractivity contribution is 6.04. The molecule has 1 fully saturated rings. The summed E-state index contributed by atoms with van der Waals surface area (Å²) in [7, 11) is 0. The fourth-order valence-corrected chi connectivity index (χ4v) is 2.88. The monoisotopic (exact) mass is 288 g/mol. The lowest BCUT2D eigenvalue weighted by Gasteiger charge is -2.33. The molecule has 0 radical (unpaired) electrons. The minimum atomic E-state index is -0.768. The van der Waals surface area contributed by atoms with Gasteiger partial charge in [0.25, 0.3) is 5.91 Å². The fraction of sp³-hybridized carbons (Fsp3) is 0.529. The molecule has 1 aromatic carbocycles. The van der Waals surface area contributed by atoms with Crippen LogP contribution in [0.5, 0.6) is 0 Å². The van der Waals surface area contributed by atoms with Crippen LogP contribution in [0.25, 0.3) is 0 Å². The summed E-state index contributed by atoms with van der Waals surface area (Å²) in [6.07, 6.45) is 2.50. The van der Waals surface area contributed by atoms with Gasteiger partial charge in [-0.3, -0.25) is 9.59 Å². The van der Waals surface area contributed by atoms with Gasteiger partial charge in [-0.05, 0) is 37.0 Å². The van der Waals surface area contributed by atoms with Crippen molar-refractivity contribution in [1.82, 2.24) is 5.32 Å². The van der Waals surface area contributed by atoms with Crippen molar-refractivity contribution < 1.29 is 9.59 Å². The minimum Gasteiger partial charge on any atom is -0.342 e. The number of aryl methyl sites for hydroxylation is 1. The van der Waals surface area contributed by atoms with E-state index in [1.807, 2.05) is 32.0 Å². The summed E-state index contributed by atoms with van der Waals surface area (Å²) >= 11 is 0. The second-order valence-corrected chi connectivity index (χ2v) is 5.57. The molecule has 0 spiro atoms. The Bertz CT molecular complexity index is 535. The predicted molar refractivity (Wildman–Crippen MR) is 84.2 cm³/mol. The van der Waals surface area contributed by atoms with Crippen molar-refractivity contribution in [2.24, 2.45) is 0 Å². The van der Waals surface area contributed by atoms with Crippen molar-refractivity contribution in [2.45, 2.75) is 52.0 Å². The molecule has 114 valence electrons. The molecule has 0 atom stereocenters. The number of anilines is 1. The van der Waals surface area contributed by atoms with E-state index in [1.165, 1.54) is 5.56 Å². The van der Waals surface area contributed by atoms with Gasteiger partial charge in [-0.2, -0.15) is 0 Å². The van der Waals surface area contributed by atoms with E-state index >= 15 is 0 Å². The van der Waals surface area contributed by atoms with Gasteiger partial charge in [0.05, 0.1) is 0 Å². The molecule has 0 saturated carbocycles. The Kier molecular flexibility index (Phi) is 4.66. The lowest BCUT2D eigenvalue weighted by molar-refractivity contribution is -0.130. The first kappa shape index (κ1) is 15.5. The fourth-order valence-electron chi connectivity index (χ4n) is 2.88. The molecule has 0 unspecified atom stereocenters. The van der Waals surface area contributed by atoms with Gasteiger partial charge < -0.3 is 10.2 Å². The summed E-state index contributed by atoms with van der Waals surface area (Å²) in [4.78, 5) is 26.7. The van der Waals surface area contributed by atoms with Gasteiger partial charge in [0.1, 0.15) is 5.54 Å². The zero-order valence-electron chi connectivity index (χ0n) is 13.1. The molecule has 21 heavy (non-hydrogen) atoms. The third-order valence-electron chi connectivity index (χ3n) is 4.43. The van der Waals surface area contributed by atoms with E-state index in [1.54, 1.807) is 4.90 Å². The number of nitrogens with zero attached hydrogens (tertiary/aromatic N) is 1. The highest BCUT2D eigenvalue weighted by atomic mass is 16.2. The maximum Gasteiger partial charge on any atom is 0.252 e. The van der Waals surface area contributed by atoms with Crippen LogP contribution in [0.4, 0.5) is 5.69 Å². The highest BCUT2D eigenvalue weighted by Crippen LogP contribution is 2.27. The molecule has 0 bridgehead atoms. The third kappa shape index (κ3) is 2.94. The number of carbonyl (C=O) groups excluding carboxylic acids is 2. The number of nitrogens with one attached hydrogen (secondary N) is 1. The van der Waals surface area contributed by atoms with Crippen LogP contribution >= 0.6 is 0 Å². The maximum atomic E-state index is 13.0. The molecule has 1 saturated heterocycles. The largest absolute Gasteiger partial charge is 0.342 e. The van der Waals surface area contributed by atoms with Crippen molar-refractivity contribution in [3.63, 3.8) is 0 Å². The second kappa shape index (κ2) is 6.29. The Morgan fingerprint density at radius 2 is 1.90 bits per heavy atom. The molecular weight excluding hydrogens is 264 g/mol. The van der Waals surface area contributed by atoms with Crippen LogP contribution in [-0.2, 0) is 16.0 Å². The summed E-state index contributed by atoms with van der Waals surface area (Å²) in [5.74, 6) is -0.0344. The van der Waals surface area contributed by atoms with Gasteiger partial charge in [-0.1, -0.05) is 32.9 Å². The van der Waals surface area contributed by atoms with E-state index in [0.717, 1.165) is 12.1 Å². The van der Waals surface area contributed by atoms with Crippen molar-refractivity contribution >= 4 is 17.5 Å². The molecule has 0 aromatic heterocycles. The molecule has 1 aliphatic rings. The summed E-state index contributed by atoms with van der Waals surface area (Å²) in [6, 6.07) is 8.02. The Morgan fingerprint density at radius 1 is 1.19 bits per heavy atom. The van der Waals surface area contributed by atoms with E-state index in [4.69, 9.17) is 0 Å². The van der Waals surface area contributed by atoms with Crippen LogP contribution in [0.15, 0.2) is 24.3 Å². The maximum absolute atomic E-state index is 13.0. The van der Waals surface area contributed by atoms with Gasteiger partial charge in [0.15, 0.2) is 0 Å². The van der Waals surface area contributed by atoms with Crippen molar-refractivity contribution in [3.05, 3.63) is 29.8 Å². The second-order valence-electron chi connectivity index (χ2n) is 5.57. The Hall–Kier alpha value is -1.84. The lowest BCUT2D eigenvalue weighted by atomic mass is 9.91. The average molecular weight is 288 g/mol. The molecule has 2 rings (SSSR count). The first-order valence-corrected chi connectivity index (χ1v) is 7.78. The summed E-state index contributed by atoms with van der Waals surface area (Å²) < 4.78 is 0. The molecule has 4 nitrogen and oxygen atoms in total. The Morgan fingerprint density at radius 3 is 2.52 bits per heavy atom. The Labute approximate surface area is 126 Å². The molecule has 4 heteroatoms. The van der Waals surface area contributed by atoms with E-state index < -0.39 is 5.54 Å². The third-order valence-corrected chi connectivity index (χ3v) is 4.43. The number of amides is 2. The van der Waals surface area contributed by atoms with Gasteiger partial charge in [-0.25, -0.2) is 0 Å².